The molecule has 7 rings (SSSR count). The summed E-state index contributed by atoms with van der Waals surface area (Å²) < 4.78 is 6.28. The lowest BCUT2D eigenvalue weighted by atomic mass is 9.77. The highest BCUT2D eigenvalue weighted by Gasteiger charge is 2.37. The summed E-state index contributed by atoms with van der Waals surface area (Å²) in [5.41, 5.74) is 6.84. The first-order valence-electron chi connectivity index (χ1n) is 13.8. The number of hydrogen-bond acceptors (Lipinski definition) is 3. The summed E-state index contributed by atoms with van der Waals surface area (Å²) in [6.07, 6.45) is 7.74. The molecule has 1 aliphatic heterocycles. The van der Waals surface area contributed by atoms with E-state index in [1.165, 1.54) is 16.8 Å². The van der Waals surface area contributed by atoms with Crippen LogP contribution < -0.4 is 10.1 Å². The minimum Gasteiger partial charge on any atom is -0.488 e. The fourth-order valence-corrected chi connectivity index (χ4v) is 6.32. The van der Waals surface area contributed by atoms with Gasteiger partial charge in [-0.3, -0.25) is 4.99 Å². The van der Waals surface area contributed by atoms with E-state index in [1.807, 2.05) is 36.5 Å². The molecule has 0 bridgehead atoms. The highest BCUT2D eigenvalue weighted by molar-refractivity contribution is 6.30. The summed E-state index contributed by atoms with van der Waals surface area (Å²) in [5.74, 6) is 1.79. The summed E-state index contributed by atoms with van der Waals surface area (Å²) in [4.78, 5) is 4.89. The zero-order valence-corrected chi connectivity index (χ0v) is 22.8. The van der Waals surface area contributed by atoms with Crippen LogP contribution in [0.3, 0.4) is 0 Å². The van der Waals surface area contributed by atoms with Crippen molar-refractivity contribution in [1.82, 2.24) is 0 Å². The van der Waals surface area contributed by atoms with Crippen LogP contribution in [0.15, 0.2) is 126 Å². The third-order valence-electron chi connectivity index (χ3n) is 8.08. The van der Waals surface area contributed by atoms with Crippen molar-refractivity contribution in [3.63, 3.8) is 0 Å². The van der Waals surface area contributed by atoms with Crippen LogP contribution in [0.1, 0.15) is 40.6 Å². The minimum absolute atomic E-state index is 0.275. The van der Waals surface area contributed by atoms with Crippen LogP contribution in [-0.4, -0.2) is 6.21 Å². The Morgan fingerprint density at radius 1 is 0.875 bits per heavy atom. The highest BCUT2D eigenvalue weighted by atomic mass is 35.5. The monoisotopic (exact) mass is 540 g/mol. The summed E-state index contributed by atoms with van der Waals surface area (Å²) in [7, 11) is 0. The number of rotatable bonds is 6. The predicted molar refractivity (Wildman–Crippen MR) is 166 cm³/mol. The lowest BCUT2D eigenvalue weighted by Crippen LogP contribution is -2.28. The van der Waals surface area contributed by atoms with E-state index in [4.69, 9.17) is 21.3 Å². The molecule has 40 heavy (non-hydrogen) atoms. The molecule has 0 unspecified atom stereocenters. The summed E-state index contributed by atoms with van der Waals surface area (Å²) in [6.45, 7) is 0.434. The van der Waals surface area contributed by atoms with Gasteiger partial charge in [-0.15, -0.1) is 0 Å². The van der Waals surface area contributed by atoms with Gasteiger partial charge in [0.2, 0.25) is 0 Å². The maximum atomic E-state index is 6.28. The van der Waals surface area contributed by atoms with Gasteiger partial charge >= 0.3 is 0 Å². The molecule has 0 aromatic heterocycles. The number of aliphatic imine (C=N–C) groups is 1. The van der Waals surface area contributed by atoms with Gasteiger partial charge in [-0.25, -0.2) is 0 Å². The average molecular weight is 541 g/mol. The largest absolute Gasteiger partial charge is 0.488 e. The van der Waals surface area contributed by atoms with Crippen LogP contribution in [0.4, 0.5) is 11.4 Å². The summed E-state index contributed by atoms with van der Waals surface area (Å²) >= 11 is 6.18. The van der Waals surface area contributed by atoms with E-state index < -0.39 is 0 Å². The smallest absolute Gasteiger partial charge is 0.129 e. The van der Waals surface area contributed by atoms with Crippen LogP contribution >= 0.6 is 11.6 Å². The number of hydrogen-bond donors (Lipinski definition) is 1. The standard InChI is InChI=1S/C36H29ClN2O/c37-27-9-5-7-24(21-27)23-40-35-20-17-25-8-1-2-10-29(25)33(35)22-38-28-18-15-26(16-19-28)36-32-13-6-12-30(32)31-11-3-4-14-34(31)39-36/h1-12,14-22,30,32,36,39H,13,23H2/t30-,32-,36-/m0/s1. The van der Waals surface area contributed by atoms with Crippen LogP contribution in [-0.2, 0) is 6.61 Å². The molecule has 2 aliphatic rings. The van der Waals surface area contributed by atoms with E-state index in [-0.39, 0.29) is 6.04 Å². The number of anilines is 1. The fourth-order valence-electron chi connectivity index (χ4n) is 6.10. The van der Waals surface area contributed by atoms with Crippen molar-refractivity contribution in [1.29, 1.82) is 0 Å². The molecule has 3 nitrogen and oxygen atoms in total. The normalized spacial score (nSPS) is 19.4. The molecule has 5 aromatic carbocycles. The second-order valence-corrected chi connectivity index (χ2v) is 11.0. The molecule has 0 amide bonds. The van der Waals surface area contributed by atoms with Gasteiger partial charge in [-0.1, -0.05) is 96.5 Å². The molecular weight excluding hydrogens is 512 g/mol. The molecule has 0 radical (unpaired) electrons. The Morgan fingerprint density at radius 2 is 1.73 bits per heavy atom. The maximum Gasteiger partial charge on any atom is 0.129 e. The van der Waals surface area contributed by atoms with Gasteiger partial charge < -0.3 is 10.1 Å². The van der Waals surface area contributed by atoms with E-state index in [2.05, 4.69) is 96.3 Å². The first kappa shape index (κ1) is 24.7. The average Bonchev–Trinajstić information content (AvgIpc) is 3.50. The maximum absolute atomic E-state index is 6.28. The van der Waals surface area contributed by atoms with Crippen molar-refractivity contribution >= 4 is 40.0 Å². The van der Waals surface area contributed by atoms with Crippen molar-refractivity contribution < 1.29 is 4.74 Å². The van der Waals surface area contributed by atoms with Crippen molar-refractivity contribution in [3.8, 4) is 5.75 Å². The van der Waals surface area contributed by atoms with Crippen LogP contribution in [0, 0.1) is 5.92 Å². The molecule has 1 heterocycles. The van der Waals surface area contributed by atoms with Crippen molar-refractivity contribution in [2.75, 3.05) is 5.32 Å². The Balaban J connectivity index is 1.15. The SMILES string of the molecule is Clc1cccc(COc2ccc3ccccc3c2C=Nc2ccc([C@@H]3Nc4ccccc4[C@@H]4C=CC[C@@H]43)cc2)c1. The zero-order chi connectivity index (χ0) is 26.9. The van der Waals surface area contributed by atoms with E-state index in [0.717, 1.165) is 39.8 Å². The predicted octanol–water partition coefficient (Wildman–Crippen LogP) is 9.65. The molecule has 0 saturated heterocycles. The molecule has 3 atom stereocenters. The van der Waals surface area contributed by atoms with Gasteiger partial charge in [0, 0.05) is 28.4 Å². The lowest BCUT2D eigenvalue weighted by Gasteiger charge is -2.37. The Labute approximate surface area is 239 Å². The number of fused-ring (bicyclic) bond motifs is 4. The van der Waals surface area contributed by atoms with Gasteiger partial charge in [0.25, 0.3) is 0 Å². The lowest BCUT2D eigenvalue weighted by molar-refractivity contribution is 0.306. The Kier molecular flexibility index (Phi) is 6.59. The van der Waals surface area contributed by atoms with E-state index in [9.17, 15) is 0 Å². The molecular formula is C36H29ClN2O. The molecule has 0 saturated carbocycles. The van der Waals surface area contributed by atoms with Gasteiger partial charge in [0.15, 0.2) is 0 Å². The van der Waals surface area contributed by atoms with Crippen LogP contribution in [0.5, 0.6) is 5.75 Å². The topological polar surface area (TPSA) is 33.6 Å². The van der Waals surface area contributed by atoms with Crippen LogP contribution in [0.2, 0.25) is 5.02 Å². The molecule has 0 fully saturated rings. The third kappa shape index (κ3) is 4.78. The van der Waals surface area contributed by atoms with Crippen molar-refractivity contribution in [3.05, 3.63) is 149 Å². The van der Waals surface area contributed by atoms with Crippen molar-refractivity contribution in [2.24, 2.45) is 10.9 Å². The van der Waals surface area contributed by atoms with Crippen LogP contribution in [0.25, 0.3) is 10.8 Å². The third-order valence-corrected chi connectivity index (χ3v) is 8.32. The number of ether oxygens (including phenoxy) is 1. The number of allylic oxidation sites excluding steroid dienone is 2. The molecule has 196 valence electrons. The zero-order valence-electron chi connectivity index (χ0n) is 22.0. The van der Waals surface area contributed by atoms with Gasteiger partial charge in [0.1, 0.15) is 12.4 Å². The number of para-hydroxylation sites is 1. The molecule has 4 heteroatoms. The summed E-state index contributed by atoms with van der Waals surface area (Å²) in [5, 5.41) is 6.78. The quantitative estimate of drug-likeness (QED) is 0.172. The van der Waals surface area contributed by atoms with Crippen molar-refractivity contribution in [2.45, 2.75) is 25.0 Å². The first-order chi connectivity index (χ1) is 19.7. The van der Waals surface area contributed by atoms with Gasteiger partial charge in [-0.2, -0.15) is 0 Å². The fraction of sp³-hybridized carbons (Fsp3) is 0.139. The minimum atomic E-state index is 0.275. The molecule has 0 spiro atoms. The second-order valence-electron chi connectivity index (χ2n) is 10.5. The molecule has 5 aromatic rings. The Hall–Kier alpha value is -4.34. The number of nitrogens with one attached hydrogen (secondary N) is 1. The molecule has 1 aliphatic carbocycles. The van der Waals surface area contributed by atoms with Gasteiger partial charge in [-0.05, 0) is 76.2 Å². The number of nitrogens with zero attached hydrogens (tertiary/aromatic N) is 1. The second kappa shape index (κ2) is 10.7. The van der Waals surface area contributed by atoms with Gasteiger partial charge in [0.05, 0.1) is 11.7 Å². The summed E-state index contributed by atoms with van der Waals surface area (Å²) in [6, 6.07) is 37.8. The first-order valence-corrected chi connectivity index (χ1v) is 14.2. The Bertz CT molecular complexity index is 1740. The highest BCUT2D eigenvalue weighted by Crippen LogP contribution is 2.49. The number of benzene rings is 5. The molecule has 1 N–H and O–H groups in total. The van der Waals surface area contributed by atoms with E-state index in [1.54, 1.807) is 0 Å². The Morgan fingerprint density at radius 3 is 2.62 bits per heavy atom. The van der Waals surface area contributed by atoms with E-state index >= 15 is 0 Å². The van der Waals surface area contributed by atoms with E-state index in [0.29, 0.717) is 23.5 Å². The number of halogens is 1.